The summed E-state index contributed by atoms with van der Waals surface area (Å²) >= 11 is 0. The summed E-state index contributed by atoms with van der Waals surface area (Å²) < 4.78 is 10.7. The fourth-order valence-corrected chi connectivity index (χ4v) is 4.06. The number of carbonyl (C=O) groups is 1. The Balaban J connectivity index is 0.00000208. The van der Waals surface area contributed by atoms with E-state index >= 15 is 0 Å². The summed E-state index contributed by atoms with van der Waals surface area (Å²) in [7, 11) is 3.28. The molecule has 24 heavy (non-hydrogen) atoms. The summed E-state index contributed by atoms with van der Waals surface area (Å²) in [6, 6.07) is 5.92. The van der Waals surface area contributed by atoms with E-state index in [2.05, 4.69) is 0 Å². The van der Waals surface area contributed by atoms with Crippen molar-refractivity contribution in [1.82, 2.24) is 4.90 Å². The summed E-state index contributed by atoms with van der Waals surface area (Å²) in [5.41, 5.74) is 6.92. The Morgan fingerprint density at radius 2 is 2.08 bits per heavy atom. The van der Waals surface area contributed by atoms with Crippen LogP contribution in [0.15, 0.2) is 18.2 Å². The summed E-state index contributed by atoms with van der Waals surface area (Å²) in [5.74, 6) is 1.79. The first-order chi connectivity index (χ1) is 11.1. The van der Waals surface area contributed by atoms with Crippen LogP contribution in [0.1, 0.15) is 37.7 Å². The number of hydrogen-bond donors (Lipinski definition) is 1. The van der Waals surface area contributed by atoms with Gasteiger partial charge < -0.3 is 20.1 Å². The largest absolute Gasteiger partial charge is 0.497 e. The molecule has 134 valence electrons. The van der Waals surface area contributed by atoms with Crippen LogP contribution >= 0.6 is 12.4 Å². The second-order valence-electron chi connectivity index (χ2n) is 6.79. The zero-order chi connectivity index (χ0) is 16.4. The van der Waals surface area contributed by atoms with E-state index in [9.17, 15) is 4.79 Å². The second kappa shape index (κ2) is 7.62. The number of carbonyl (C=O) groups excluding carboxylic acids is 1. The molecule has 1 aliphatic heterocycles. The highest BCUT2D eigenvalue weighted by Crippen LogP contribution is 2.45. The highest BCUT2D eigenvalue weighted by Gasteiger charge is 2.48. The van der Waals surface area contributed by atoms with Crippen molar-refractivity contribution in [3.8, 4) is 11.5 Å². The normalized spacial score (nSPS) is 26.4. The average Bonchev–Trinajstić information content (AvgIpc) is 2.84. The van der Waals surface area contributed by atoms with E-state index in [0.717, 1.165) is 55.7 Å². The molecule has 1 heterocycles. The Morgan fingerprint density at radius 3 is 2.75 bits per heavy atom. The topological polar surface area (TPSA) is 64.8 Å². The molecule has 1 saturated heterocycles. The van der Waals surface area contributed by atoms with Gasteiger partial charge in [-0.15, -0.1) is 12.4 Å². The molecule has 1 aromatic rings. The second-order valence-corrected chi connectivity index (χ2v) is 6.79. The first kappa shape index (κ1) is 18.9. The maximum atomic E-state index is 13.0. The first-order valence-electron chi connectivity index (χ1n) is 8.34. The van der Waals surface area contributed by atoms with E-state index in [1.54, 1.807) is 14.2 Å². The molecule has 1 saturated carbocycles. The third kappa shape index (κ3) is 3.47. The maximum absolute atomic E-state index is 13.0. The van der Waals surface area contributed by atoms with Gasteiger partial charge in [0.1, 0.15) is 11.5 Å². The van der Waals surface area contributed by atoms with Crippen molar-refractivity contribution < 1.29 is 14.3 Å². The monoisotopic (exact) mass is 354 g/mol. The van der Waals surface area contributed by atoms with E-state index in [1.807, 2.05) is 23.1 Å². The zero-order valence-corrected chi connectivity index (χ0v) is 15.2. The lowest BCUT2D eigenvalue weighted by molar-refractivity contribution is -0.138. The minimum absolute atomic E-state index is 0. The molecule has 1 aliphatic carbocycles. The van der Waals surface area contributed by atoms with Crippen molar-refractivity contribution in [1.29, 1.82) is 0 Å². The molecular weight excluding hydrogens is 328 g/mol. The predicted molar refractivity (Wildman–Crippen MR) is 95.7 cm³/mol. The lowest BCUT2D eigenvalue weighted by Gasteiger charge is -2.35. The number of nitrogens with zero attached hydrogens (tertiary/aromatic N) is 1. The van der Waals surface area contributed by atoms with E-state index in [0.29, 0.717) is 6.54 Å². The minimum atomic E-state index is -0.211. The van der Waals surface area contributed by atoms with Crippen LogP contribution in [0.25, 0.3) is 0 Å². The first-order valence-corrected chi connectivity index (χ1v) is 8.34. The van der Waals surface area contributed by atoms with Crippen LogP contribution in [0.4, 0.5) is 0 Å². The van der Waals surface area contributed by atoms with Gasteiger partial charge in [-0.05, 0) is 37.8 Å². The van der Waals surface area contributed by atoms with Crippen LogP contribution in [0.3, 0.4) is 0 Å². The number of amides is 1. The molecule has 0 unspecified atom stereocenters. The Hall–Kier alpha value is -1.46. The maximum Gasteiger partial charge on any atom is 0.229 e. The molecule has 6 heteroatoms. The molecule has 5 nitrogen and oxygen atoms in total. The van der Waals surface area contributed by atoms with Gasteiger partial charge in [-0.1, -0.05) is 6.42 Å². The summed E-state index contributed by atoms with van der Waals surface area (Å²) in [6.07, 6.45) is 4.85. The molecule has 1 spiro atoms. The molecule has 2 aliphatic rings. The zero-order valence-electron chi connectivity index (χ0n) is 14.4. The molecule has 2 atom stereocenters. The Kier molecular flexibility index (Phi) is 5.99. The summed E-state index contributed by atoms with van der Waals surface area (Å²) in [6.45, 7) is 1.39. The van der Waals surface area contributed by atoms with Crippen LogP contribution < -0.4 is 15.2 Å². The highest BCUT2D eigenvalue weighted by atomic mass is 35.5. The number of benzene rings is 1. The van der Waals surface area contributed by atoms with Gasteiger partial charge in [0.25, 0.3) is 0 Å². The smallest absolute Gasteiger partial charge is 0.229 e. The van der Waals surface area contributed by atoms with E-state index in [1.165, 1.54) is 0 Å². The Labute approximate surface area is 149 Å². The molecule has 0 bridgehead atoms. The van der Waals surface area contributed by atoms with Gasteiger partial charge >= 0.3 is 0 Å². The van der Waals surface area contributed by atoms with Gasteiger partial charge in [-0.3, -0.25) is 4.79 Å². The van der Waals surface area contributed by atoms with Gasteiger partial charge in [-0.25, -0.2) is 0 Å². The van der Waals surface area contributed by atoms with Crippen LogP contribution in [0, 0.1) is 5.41 Å². The molecule has 3 rings (SSSR count). The van der Waals surface area contributed by atoms with Crippen molar-refractivity contribution in [2.45, 2.75) is 44.7 Å². The summed E-state index contributed by atoms with van der Waals surface area (Å²) in [4.78, 5) is 14.9. The van der Waals surface area contributed by atoms with Crippen molar-refractivity contribution >= 4 is 18.3 Å². The van der Waals surface area contributed by atoms with Gasteiger partial charge in [0.05, 0.1) is 19.6 Å². The molecule has 0 radical (unpaired) electrons. The van der Waals surface area contributed by atoms with Crippen LogP contribution in [-0.4, -0.2) is 37.6 Å². The molecule has 2 fully saturated rings. The SMILES string of the molecule is COc1ccc(CN2CC[C@]3(CCC[C@H](N)C3)C2=O)c(OC)c1.Cl. The standard InChI is InChI=1S/C18H26N2O3.ClH/c1-22-15-6-5-13(16(10-15)23-2)12-20-9-8-18(17(20)21)7-3-4-14(19)11-18;/h5-6,10,14H,3-4,7-9,11-12,19H2,1-2H3;1H/t14-,18-;/m0./s1. The van der Waals surface area contributed by atoms with Crippen molar-refractivity contribution in [3.05, 3.63) is 23.8 Å². The van der Waals surface area contributed by atoms with Crippen LogP contribution in [-0.2, 0) is 11.3 Å². The van der Waals surface area contributed by atoms with Gasteiger partial charge in [0.2, 0.25) is 5.91 Å². The fourth-order valence-electron chi connectivity index (χ4n) is 4.06. The lowest BCUT2D eigenvalue weighted by atomic mass is 9.71. The number of likely N-dealkylation sites (tertiary alicyclic amines) is 1. The molecule has 1 amide bonds. The Bertz CT molecular complexity index is 596. The molecule has 2 N–H and O–H groups in total. The van der Waals surface area contributed by atoms with Crippen LogP contribution in [0.2, 0.25) is 0 Å². The van der Waals surface area contributed by atoms with Gasteiger partial charge in [0.15, 0.2) is 0 Å². The number of hydrogen-bond acceptors (Lipinski definition) is 4. The summed E-state index contributed by atoms with van der Waals surface area (Å²) in [5, 5.41) is 0. The number of ether oxygens (including phenoxy) is 2. The van der Waals surface area contributed by atoms with Gasteiger partial charge in [0, 0.05) is 30.8 Å². The van der Waals surface area contributed by atoms with Crippen molar-refractivity contribution in [2.24, 2.45) is 11.1 Å². The molecule has 1 aromatic carbocycles. The van der Waals surface area contributed by atoms with Gasteiger partial charge in [-0.2, -0.15) is 0 Å². The number of halogens is 1. The minimum Gasteiger partial charge on any atom is -0.497 e. The highest BCUT2D eigenvalue weighted by molar-refractivity contribution is 5.85. The Morgan fingerprint density at radius 1 is 1.29 bits per heavy atom. The fraction of sp³-hybridized carbons (Fsp3) is 0.611. The van der Waals surface area contributed by atoms with E-state index in [4.69, 9.17) is 15.2 Å². The number of nitrogens with two attached hydrogens (primary N) is 1. The average molecular weight is 355 g/mol. The predicted octanol–water partition coefficient (Wildman–Crippen LogP) is 2.75. The van der Waals surface area contributed by atoms with E-state index < -0.39 is 0 Å². The number of methoxy groups -OCH3 is 2. The van der Waals surface area contributed by atoms with Crippen LogP contribution in [0.5, 0.6) is 11.5 Å². The van der Waals surface area contributed by atoms with E-state index in [-0.39, 0.29) is 29.8 Å². The third-order valence-electron chi connectivity index (χ3n) is 5.34. The molecular formula is C18H27ClN2O3. The number of rotatable bonds is 4. The lowest BCUT2D eigenvalue weighted by Crippen LogP contribution is -2.42. The van der Waals surface area contributed by atoms with Crippen molar-refractivity contribution in [2.75, 3.05) is 20.8 Å². The van der Waals surface area contributed by atoms with Crippen molar-refractivity contribution in [3.63, 3.8) is 0 Å². The quantitative estimate of drug-likeness (QED) is 0.903. The third-order valence-corrected chi connectivity index (χ3v) is 5.34. The molecule has 0 aromatic heterocycles.